The van der Waals surface area contributed by atoms with Crippen LogP contribution in [0.15, 0.2) is 47.4 Å². The summed E-state index contributed by atoms with van der Waals surface area (Å²) in [6, 6.07) is 12.5. The minimum atomic E-state index is -3.68. The molecule has 0 bridgehead atoms. The second-order valence-electron chi connectivity index (χ2n) is 8.41. The van der Waals surface area contributed by atoms with E-state index >= 15 is 0 Å². The van der Waals surface area contributed by atoms with Crippen LogP contribution in [-0.4, -0.2) is 57.4 Å². The monoisotopic (exact) mass is 471 g/mol. The lowest BCUT2D eigenvalue weighted by molar-refractivity contribution is -0.122. The molecule has 2 amide bonds. The Kier molecular flexibility index (Phi) is 6.83. The molecule has 2 aliphatic heterocycles. The third-order valence-electron chi connectivity index (χ3n) is 6.20. The number of amides is 2. The Balaban J connectivity index is 1.49. The van der Waals surface area contributed by atoms with Crippen molar-refractivity contribution in [1.82, 2.24) is 4.31 Å². The van der Waals surface area contributed by atoms with Gasteiger partial charge in [0.05, 0.1) is 24.0 Å². The highest BCUT2D eigenvalue weighted by atomic mass is 32.2. The standard InChI is InChI=1S/C24H29N3O5S/c1-3-18-5-4-6-20(13-18)27-16-19(14-23(27)28)24(29)25-22-15-21(8-7-17(22)2)33(30,31)26-9-11-32-12-10-26/h4-8,13,15,19H,3,9-12,14,16H2,1-2H3,(H,25,29). The molecule has 0 aromatic heterocycles. The second-order valence-corrected chi connectivity index (χ2v) is 10.3. The lowest BCUT2D eigenvalue weighted by Gasteiger charge is -2.26. The van der Waals surface area contributed by atoms with Gasteiger partial charge in [0.15, 0.2) is 0 Å². The highest BCUT2D eigenvalue weighted by Crippen LogP contribution is 2.28. The largest absolute Gasteiger partial charge is 0.379 e. The van der Waals surface area contributed by atoms with Crippen LogP contribution in [0.1, 0.15) is 24.5 Å². The minimum Gasteiger partial charge on any atom is -0.379 e. The van der Waals surface area contributed by atoms with Crippen LogP contribution in [0.4, 0.5) is 11.4 Å². The molecule has 176 valence electrons. The summed E-state index contributed by atoms with van der Waals surface area (Å²) in [4.78, 5) is 27.4. The van der Waals surface area contributed by atoms with Gasteiger partial charge in [-0.05, 0) is 48.7 Å². The number of sulfonamides is 1. The first-order chi connectivity index (χ1) is 15.8. The van der Waals surface area contributed by atoms with E-state index < -0.39 is 15.9 Å². The van der Waals surface area contributed by atoms with E-state index in [1.54, 1.807) is 17.0 Å². The van der Waals surface area contributed by atoms with Crippen molar-refractivity contribution in [2.24, 2.45) is 5.92 Å². The molecule has 0 radical (unpaired) electrons. The van der Waals surface area contributed by atoms with Gasteiger partial charge >= 0.3 is 0 Å². The van der Waals surface area contributed by atoms with Gasteiger partial charge in [-0.3, -0.25) is 9.59 Å². The third-order valence-corrected chi connectivity index (χ3v) is 8.10. The van der Waals surface area contributed by atoms with Gasteiger partial charge in [0.25, 0.3) is 0 Å². The Morgan fingerprint density at radius 2 is 1.91 bits per heavy atom. The zero-order valence-corrected chi connectivity index (χ0v) is 19.7. The first-order valence-electron chi connectivity index (χ1n) is 11.2. The second kappa shape index (κ2) is 9.62. The van der Waals surface area contributed by atoms with Crippen molar-refractivity contribution in [2.75, 3.05) is 43.1 Å². The average Bonchev–Trinajstić information content (AvgIpc) is 3.22. The molecule has 33 heavy (non-hydrogen) atoms. The maximum absolute atomic E-state index is 13.0. The molecule has 2 saturated heterocycles. The van der Waals surface area contributed by atoms with Crippen LogP contribution in [0.25, 0.3) is 0 Å². The fourth-order valence-corrected chi connectivity index (χ4v) is 5.58. The van der Waals surface area contributed by atoms with Crippen LogP contribution in [0.5, 0.6) is 0 Å². The normalized spacial score (nSPS) is 19.6. The lowest BCUT2D eigenvalue weighted by Crippen LogP contribution is -2.40. The molecule has 0 aliphatic carbocycles. The molecule has 1 unspecified atom stereocenters. The maximum Gasteiger partial charge on any atom is 0.243 e. The summed E-state index contributed by atoms with van der Waals surface area (Å²) in [6.07, 6.45) is 0.982. The van der Waals surface area contributed by atoms with Crippen LogP contribution in [0.3, 0.4) is 0 Å². The van der Waals surface area contributed by atoms with Crippen LogP contribution < -0.4 is 10.2 Å². The van der Waals surface area contributed by atoms with Gasteiger partial charge < -0.3 is 15.0 Å². The van der Waals surface area contributed by atoms with E-state index in [9.17, 15) is 18.0 Å². The molecule has 1 N–H and O–H groups in total. The highest BCUT2D eigenvalue weighted by Gasteiger charge is 2.35. The summed E-state index contributed by atoms with van der Waals surface area (Å²) >= 11 is 0. The zero-order valence-electron chi connectivity index (χ0n) is 18.9. The Labute approximate surface area is 194 Å². The van der Waals surface area contributed by atoms with Crippen LogP contribution in [-0.2, 0) is 30.8 Å². The Bertz CT molecular complexity index is 1160. The molecular weight excluding hydrogens is 442 g/mol. The number of carbonyl (C=O) groups is 2. The summed E-state index contributed by atoms with van der Waals surface area (Å²) in [5, 5.41) is 2.86. The molecule has 2 heterocycles. The Morgan fingerprint density at radius 3 is 2.64 bits per heavy atom. The number of hydrogen-bond acceptors (Lipinski definition) is 5. The average molecular weight is 472 g/mol. The van der Waals surface area contributed by atoms with Crippen LogP contribution >= 0.6 is 0 Å². The molecule has 2 fully saturated rings. The van der Waals surface area contributed by atoms with Crippen molar-refractivity contribution in [1.29, 1.82) is 0 Å². The molecule has 1 atom stereocenters. The van der Waals surface area contributed by atoms with Crippen LogP contribution in [0.2, 0.25) is 0 Å². The van der Waals surface area contributed by atoms with Gasteiger partial charge in [0.1, 0.15) is 0 Å². The molecule has 2 aliphatic rings. The first kappa shape index (κ1) is 23.4. The Hall–Kier alpha value is -2.75. The summed E-state index contributed by atoms with van der Waals surface area (Å²) in [5.74, 6) is -0.896. The SMILES string of the molecule is CCc1cccc(N2CC(C(=O)Nc3cc(S(=O)(=O)N4CCOCC4)ccc3C)CC2=O)c1. The zero-order chi connectivity index (χ0) is 23.6. The molecule has 2 aromatic carbocycles. The third kappa shape index (κ3) is 4.95. The number of nitrogens with one attached hydrogen (secondary N) is 1. The first-order valence-corrected chi connectivity index (χ1v) is 12.6. The molecule has 9 heteroatoms. The van der Waals surface area contributed by atoms with E-state index in [0.717, 1.165) is 23.2 Å². The summed E-state index contributed by atoms with van der Waals surface area (Å²) in [6.45, 7) is 5.49. The van der Waals surface area contributed by atoms with E-state index in [1.807, 2.05) is 31.2 Å². The van der Waals surface area contributed by atoms with E-state index in [-0.39, 0.29) is 23.1 Å². The number of carbonyl (C=O) groups excluding carboxylic acids is 2. The number of benzene rings is 2. The number of ether oxygens (including phenoxy) is 1. The maximum atomic E-state index is 13.0. The lowest BCUT2D eigenvalue weighted by atomic mass is 10.1. The van der Waals surface area contributed by atoms with Crippen LogP contribution in [0, 0.1) is 12.8 Å². The molecule has 2 aromatic rings. The van der Waals surface area contributed by atoms with Gasteiger partial charge in [0.2, 0.25) is 21.8 Å². The number of anilines is 2. The quantitative estimate of drug-likeness (QED) is 0.699. The molecular formula is C24H29N3O5S. The number of nitrogens with zero attached hydrogens (tertiary/aromatic N) is 2. The molecule has 4 rings (SSSR count). The van der Waals surface area contributed by atoms with Crippen molar-refractivity contribution >= 4 is 33.2 Å². The fourth-order valence-electron chi connectivity index (χ4n) is 4.14. The number of aryl methyl sites for hydroxylation is 2. The van der Waals surface area contributed by atoms with Crippen molar-refractivity contribution in [2.45, 2.75) is 31.6 Å². The van der Waals surface area contributed by atoms with E-state index in [1.165, 1.54) is 10.4 Å². The number of rotatable bonds is 6. The van der Waals surface area contributed by atoms with E-state index in [2.05, 4.69) is 12.2 Å². The van der Waals surface area contributed by atoms with Gasteiger partial charge in [0, 0.05) is 37.4 Å². The van der Waals surface area contributed by atoms with Crippen molar-refractivity contribution < 1.29 is 22.7 Å². The van der Waals surface area contributed by atoms with E-state index in [0.29, 0.717) is 38.5 Å². The molecule has 0 spiro atoms. The predicted octanol–water partition coefficient (Wildman–Crippen LogP) is 2.57. The predicted molar refractivity (Wildman–Crippen MR) is 126 cm³/mol. The summed E-state index contributed by atoms with van der Waals surface area (Å²) in [5.41, 5.74) is 3.11. The van der Waals surface area contributed by atoms with Crippen molar-refractivity contribution in [3.8, 4) is 0 Å². The van der Waals surface area contributed by atoms with Gasteiger partial charge in [-0.25, -0.2) is 8.42 Å². The Morgan fingerprint density at radius 1 is 1.15 bits per heavy atom. The van der Waals surface area contributed by atoms with Gasteiger partial charge in [-0.1, -0.05) is 25.1 Å². The molecule has 0 saturated carbocycles. The fraction of sp³-hybridized carbons (Fsp3) is 0.417. The highest BCUT2D eigenvalue weighted by molar-refractivity contribution is 7.89. The minimum absolute atomic E-state index is 0.0937. The summed E-state index contributed by atoms with van der Waals surface area (Å²) in [7, 11) is -3.68. The topological polar surface area (TPSA) is 96.0 Å². The number of morpholine rings is 1. The van der Waals surface area contributed by atoms with E-state index in [4.69, 9.17) is 4.74 Å². The van der Waals surface area contributed by atoms with Gasteiger partial charge in [-0.2, -0.15) is 4.31 Å². The smallest absolute Gasteiger partial charge is 0.243 e. The van der Waals surface area contributed by atoms with Crippen molar-refractivity contribution in [3.05, 3.63) is 53.6 Å². The molecule has 8 nitrogen and oxygen atoms in total. The number of hydrogen-bond donors (Lipinski definition) is 1. The summed E-state index contributed by atoms with van der Waals surface area (Å²) < 4.78 is 32.6. The van der Waals surface area contributed by atoms with Gasteiger partial charge in [-0.15, -0.1) is 0 Å². The van der Waals surface area contributed by atoms with Crippen molar-refractivity contribution in [3.63, 3.8) is 0 Å².